The lowest BCUT2D eigenvalue weighted by molar-refractivity contribution is -0.140. The van der Waals surface area contributed by atoms with Gasteiger partial charge in [0.2, 0.25) is 0 Å². The predicted molar refractivity (Wildman–Crippen MR) is 201 cm³/mol. The fourth-order valence-corrected chi connectivity index (χ4v) is 4.94. The molecule has 8 nitrogen and oxygen atoms in total. The standard InChI is InChI=1S/C44H42O8/c1-33(31-51-41-21-11-9-19-39(41)35-15-5-3-6-16-35)43(45)49-29-13-27-47-37-23-25-38(26-24-37)48-28-14-30-50-44(46)34(2)32-52-42-22-12-10-20-40(42)36-17-7-4-8-18-36/h3-12,15-26,31-32H,13-14,27-30H2,1-2H3. The average Bonchev–Trinajstić information content (AvgIpc) is 3.20. The van der Waals surface area contributed by atoms with E-state index in [9.17, 15) is 9.59 Å². The van der Waals surface area contributed by atoms with Crippen molar-refractivity contribution in [2.45, 2.75) is 26.7 Å². The minimum Gasteiger partial charge on any atom is -0.493 e. The van der Waals surface area contributed by atoms with Crippen molar-refractivity contribution >= 4 is 11.9 Å². The van der Waals surface area contributed by atoms with Crippen LogP contribution in [0, 0.1) is 0 Å². The second-order valence-electron chi connectivity index (χ2n) is 11.7. The molecule has 0 unspecified atom stereocenters. The van der Waals surface area contributed by atoms with Gasteiger partial charge in [-0.25, -0.2) is 9.59 Å². The Morgan fingerprint density at radius 1 is 0.462 bits per heavy atom. The average molecular weight is 699 g/mol. The Balaban J connectivity index is 0.940. The van der Waals surface area contributed by atoms with Crippen molar-refractivity contribution in [1.29, 1.82) is 0 Å². The molecule has 5 aromatic carbocycles. The molecule has 0 spiro atoms. The summed E-state index contributed by atoms with van der Waals surface area (Å²) in [4.78, 5) is 24.9. The van der Waals surface area contributed by atoms with Gasteiger partial charge >= 0.3 is 11.9 Å². The van der Waals surface area contributed by atoms with Crippen LogP contribution in [0.25, 0.3) is 22.3 Å². The van der Waals surface area contributed by atoms with E-state index in [4.69, 9.17) is 28.4 Å². The molecule has 0 fully saturated rings. The lowest BCUT2D eigenvalue weighted by atomic mass is 10.1. The molecule has 0 aromatic heterocycles. The van der Waals surface area contributed by atoms with Crippen LogP contribution in [0.1, 0.15) is 26.7 Å². The molecular formula is C44H42O8. The molecule has 0 aliphatic rings. The minimum absolute atomic E-state index is 0.209. The molecule has 0 saturated heterocycles. The van der Waals surface area contributed by atoms with Gasteiger partial charge in [0.15, 0.2) is 0 Å². The van der Waals surface area contributed by atoms with Gasteiger partial charge in [0.1, 0.15) is 35.5 Å². The molecule has 8 heteroatoms. The first-order chi connectivity index (χ1) is 25.5. The summed E-state index contributed by atoms with van der Waals surface area (Å²) >= 11 is 0. The van der Waals surface area contributed by atoms with E-state index < -0.39 is 11.9 Å². The Hall–Kier alpha value is -6.28. The number of esters is 2. The summed E-state index contributed by atoms with van der Waals surface area (Å²) in [5.41, 5.74) is 4.63. The summed E-state index contributed by atoms with van der Waals surface area (Å²) < 4.78 is 34.0. The van der Waals surface area contributed by atoms with E-state index in [1.54, 1.807) is 13.8 Å². The maximum absolute atomic E-state index is 12.5. The van der Waals surface area contributed by atoms with Crippen LogP contribution >= 0.6 is 0 Å². The molecule has 0 atom stereocenters. The van der Waals surface area contributed by atoms with Crippen molar-refractivity contribution in [3.63, 3.8) is 0 Å². The summed E-state index contributed by atoms with van der Waals surface area (Å²) in [6, 6.07) is 42.4. The zero-order valence-corrected chi connectivity index (χ0v) is 29.4. The van der Waals surface area contributed by atoms with E-state index in [1.807, 2.05) is 133 Å². The zero-order chi connectivity index (χ0) is 36.4. The number of benzene rings is 5. The Morgan fingerprint density at radius 3 is 1.23 bits per heavy atom. The third kappa shape index (κ3) is 11.4. The first-order valence-corrected chi connectivity index (χ1v) is 17.1. The van der Waals surface area contributed by atoms with E-state index in [1.165, 1.54) is 12.5 Å². The Morgan fingerprint density at radius 2 is 0.827 bits per heavy atom. The lowest BCUT2D eigenvalue weighted by Gasteiger charge is -2.11. The number of carbonyl (C=O) groups is 2. The van der Waals surface area contributed by atoms with Crippen LogP contribution in [0.4, 0.5) is 0 Å². The Bertz CT molecular complexity index is 1790. The predicted octanol–water partition coefficient (Wildman–Crippen LogP) is 9.61. The number of para-hydroxylation sites is 2. The fourth-order valence-electron chi connectivity index (χ4n) is 4.94. The van der Waals surface area contributed by atoms with Crippen LogP contribution < -0.4 is 18.9 Å². The number of hydrogen-bond acceptors (Lipinski definition) is 8. The summed E-state index contributed by atoms with van der Waals surface area (Å²) in [6.07, 6.45) is 3.88. The van der Waals surface area contributed by atoms with E-state index in [0.717, 1.165) is 22.3 Å². The topological polar surface area (TPSA) is 89.5 Å². The number of hydrogen-bond donors (Lipinski definition) is 0. The smallest absolute Gasteiger partial charge is 0.336 e. The van der Waals surface area contributed by atoms with E-state index >= 15 is 0 Å². The molecular weight excluding hydrogens is 656 g/mol. The largest absolute Gasteiger partial charge is 0.493 e. The fraction of sp³-hybridized carbons (Fsp3) is 0.182. The van der Waals surface area contributed by atoms with Gasteiger partial charge in [-0.15, -0.1) is 0 Å². The molecule has 5 rings (SSSR count). The van der Waals surface area contributed by atoms with Gasteiger partial charge in [-0.05, 0) is 61.4 Å². The van der Waals surface area contributed by atoms with Crippen LogP contribution in [0.3, 0.4) is 0 Å². The van der Waals surface area contributed by atoms with Crippen LogP contribution in [0.2, 0.25) is 0 Å². The summed E-state index contributed by atoms with van der Waals surface area (Å²) in [5, 5.41) is 0. The van der Waals surface area contributed by atoms with Crippen molar-refractivity contribution in [3.05, 3.63) is 157 Å². The quantitative estimate of drug-likeness (QED) is 0.0387. The first-order valence-electron chi connectivity index (χ1n) is 17.1. The van der Waals surface area contributed by atoms with E-state index in [0.29, 0.717) is 60.2 Å². The molecule has 0 N–H and O–H groups in total. The van der Waals surface area contributed by atoms with Gasteiger partial charge in [0.25, 0.3) is 0 Å². The molecule has 52 heavy (non-hydrogen) atoms. The highest BCUT2D eigenvalue weighted by Crippen LogP contribution is 2.31. The maximum atomic E-state index is 12.5. The molecule has 0 amide bonds. The third-order valence-electron chi connectivity index (χ3n) is 7.72. The SMILES string of the molecule is CC(=COc1ccccc1-c1ccccc1)C(=O)OCCCOc1ccc(OCCCOC(=O)C(C)=COc2ccccc2-c2ccccc2)cc1. The van der Waals surface area contributed by atoms with Gasteiger partial charge in [0.05, 0.1) is 37.6 Å². The van der Waals surface area contributed by atoms with E-state index in [2.05, 4.69) is 0 Å². The maximum Gasteiger partial charge on any atom is 0.336 e. The Labute approximate surface area is 304 Å². The van der Waals surface area contributed by atoms with Crippen molar-refractivity contribution in [2.24, 2.45) is 0 Å². The molecule has 0 radical (unpaired) electrons. The summed E-state index contributed by atoms with van der Waals surface area (Å²) in [5.74, 6) is 1.75. The van der Waals surface area contributed by atoms with Crippen molar-refractivity contribution in [1.82, 2.24) is 0 Å². The Kier molecular flexibility index (Phi) is 14.1. The summed E-state index contributed by atoms with van der Waals surface area (Å²) in [7, 11) is 0. The van der Waals surface area contributed by atoms with Crippen molar-refractivity contribution in [2.75, 3.05) is 26.4 Å². The highest BCUT2D eigenvalue weighted by molar-refractivity contribution is 5.88. The van der Waals surface area contributed by atoms with Crippen LogP contribution in [0.5, 0.6) is 23.0 Å². The second-order valence-corrected chi connectivity index (χ2v) is 11.7. The third-order valence-corrected chi connectivity index (χ3v) is 7.72. The van der Waals surface area contributed by atoms with Crippen LogP contribution in [-0.2, 0) is 19.1 Å². The van der Waals surface area contributed by atoms with Gasteiger partial charge in [-0.3, -0.25) is 0 Å². The molecule has 266 valence electrons. The minimum atomic E-state index is -0.449. The monoisotopic (exact) mass is 698 g/mol. The van der Waals surface area contributed by atoms with Gasteiger partial charge < -0.3 is 28.4 Å². The van der Waals surface area contributed by atoms with Gasteiger partial charge in [-0.2, -0.15) is 0 Å². The van der Waals surface area contributed by atoms with Crippen LogP contribution in [-0.4, -0.2) is 38.4 Å². The second kappa shape index (κ2) is 19.8. The molecule has 0 bridgehead atoms. The van der Waals surface area contributed by atoms with Gasteiger partial charge in [0, 0.05) is 24.0 Å². The lowest BCUT2D eigenvalue weighted by Crippen LogP contribution is -2.10. The molecule has 0 heterocycles. The first kappa shape index (κ1) is 37.0. The van der Waals surface area contributed by atoms with Gasteiger partial charge in [-0.1, -0.05) is 97.1 Å². The van der Waals surface area contributed by atoms with Crippen LogP contribution in [0.15, 0.2) is 157 Å². The number of ether oxygens (including phenoxy) is 6. The van der Waals surface area contributed by atoms with E-state index in [-0.39, 0.29) is 13.2 Å². The zero-order valence-electron chi connectivity index (χ0n) is 29.4. The molecule has 0 aliphatic heterocycles. The summed E-state index contributed by atoms with van der Waals surface area (Å²) in [6.45, 7) is 4.48. The highest BCUT2D eigenvalue weighted by Gasteiger charge is 2.11. The molecule has 0 aliphatic carbocycles. The highest BCUT2D eigenvalue weighted by atomic mass is 16.5. The van der Waals surface area contributed by atoms with Crippen molar-refractivity contribution in [3.8, 4) is 45.3 Å². The normalized spacial score (nSPS) is 11.3. The molecule has 5 aromatic rings. The molecule has 0 saturated carbocycles. The van der Waals surface area contributed by atoms with Crippen molar-refractivity contribution < 1.29 is 38.0 Å². The number of rotatable bonds is 18. The number of carbonyl (C=O) groups excluding carboxylic acids is 2.